The molecule has 3 aliphatic rings. The zero-order valence-electron chi connectivity index (χ0n) is 19.0. The number of piperidine rings is 1. The summed E-state index contributed by atoms with van der Waals surface area (Å²) in [6.07, 6.45) is 5.07. The zero-order valence-corrected chi connectivity index (χ0v) is 19.8. The highest BCUT2D eigenvalue weighted by atomic mass is 35.5. The number of ether oxygens (including phenoxy) is 2. The molecule has 1 aromatic carbocycles. The molecule has 8 nitrogen and oxygen atoms in total. The second-order valence-corrected chi connectivity index (χ2v) is 9.98. The van der Waals surface area contributed by atoms with Gasteiger partial charge in [0.1, 0.15) is 29.8 Å². The van der Waals surface area contributed by atoms with Crippen molar-refractivity contribution in [3.8, 4) is 11.5 Å². The van der Waals surface area contributed by atoms with Gasteiger partial charge in [-0.05, 0) is 36.2 Å². The summed E-state index contributed by atoms with van der Waals surface area (Å²) < 4.78 is 12.1. The van der Waals surface area contributed by atoms with Crippen molar-refractivity contribution < 1.29 is 24.5 Å². The molecule has 0 radical (unpaired) electrons. The molecule has 2 unspecified atom stereocenters. The molecule has 0 bridgehead atoms. The summed E-state index contributed by atoms with van der Waals surface area (Å²) in [6.45, 7) is 3.04. The fourth-order valence-corrected chi connectivity index (χ4v) is 5.32. The summed E-state index contributed by atoms with van der Waals surface area (Å²) in [7, 11) is 0. The number of aliphatic hydroxyl groups is 2. The third-order valence-corrected chi connectivity index (χ3v) is 7.23. The number of halogens is 1. The summed E-state index contributed by atoms with van der Waals surface area (Å²) in [5.41, 5.74) is 1.38. The third-order valence-electron chi connectivity index (χ3n) is 6.99. The maximum atomic E-state index is 12.8. The van der Waals surface area contributed by atoms with Gasteiger partial charge in [-0.2, -0.15) is 0 Å². The predicted molar refractivity (Wildman–Crippen MR) is 126 cm³/mol. The van der Waals surface area contributed by atoms with Crippen molar-refractivity contribution in [2.24, 2.45) is 0 Å². The van der Waals surface area contributed by atoms with E-state index in [9.17, 15) is 15.0 Å². The van der Waals surface area contributed by atoms with Crippen molar-refractivity contribution in [1.82, 2.24) is 14.8 Å². The number of carbonyl (C=O) groups is 1. The van der Waals surface area contributed by atoms with Crippen LogP contribution in [0.4, 0.5) is 0 Å². The van der Waals surface area contributed by atoms with E-state index in [0.717, 1.165) is 43.1 Å². The average molecular weight is 488 g/mol. The maximum Gasteiger partial charge on any atom is 0.257 e. The van der Waals surface area contributed by atoms with Crippen molar-refractivity contribution in [3.63, 3.8) is 0 Å². The van der Waals surface area contributed by atoms with Crippen LogP contribution in [-0.2, 0) is 6.42 Å². The van der Waals surface area contributed by atoms with E-state index in [1.54, 1.807) is 17.2 Å². The van der Waals surface area contributed by atoms with Crippen LogP contribution in [0.5, 0.6) is 11.5 Å². The van der Waals surface area contributed by atoms with E-state index >= 15 is 0 Å². The minimum absolute atomic E-state index is 0.0662. The number of fused-ring (bicyclic) bond motifs is 1. The van der Waals surface area contributed by atoms with Gasteiger partial charge in [-0.1, -0.05) is 11.6 Å². The van der Waals surface area contributed by atoms with Gasteiger partial charge in [0, 0.05) is 63.2 Å². The second-order valence-electron chi connectivity index (χ2n) is 9.54. The quantitative estimate of drug-likeness (QED) is 0.644. The van der Waals surface area contributed by atoms with Crippen LogP contribution < -0.4 is 9.47 Å². The number of aliphatic hydroxyl groups excluding tert-OH is 2. The van der Waals surface area contributed by atoms with E-state index in [2.05, 4.69) is 9.88 Å². The molecule has 9 heteroatoms. The molecule has 4 heterocycles. The first kappa shape index (κ1) is 23.4. The van der Waals surface area contributed by atoms with Gasteiger partial charge in [-0.3, -0.25) is 9.78 Å². The molecule has 2 fully saturated rings. The summed E-state index contributed by atoms with van der Waals surface area (Å²) in [5, 5.41) is 21.1. The monoisotopic (exact) mass is 487 g/mol. The van der Waals surface area contributed by atoms with Crippen molar-refractivity contribution in [1.29, 1.82) is 0 Å². The number of likely N-dealkylation sites (tertiary alicyclic amines) is 2. The van der Waals surface area contributed by atoms with E-state index in [1.165, 1.54) is 11.8 Å². The lowest BCUT2D eigenvalue weighted by molar-refractivity contribution is -0.00204. The van der Waals surface area contributed by atoms with Gasteiger partial charge < -0.3 is 29.5 Å². The van der Waals surface area contributed by atoms with Crippen molar-refractivity contribution in [3.05, 3.63) is 52.8 Å². The highest BCUT2D eigenvalue weighted by Gasteiger charge is 2.42. The van der Waals surface area contributed by atoms with Gasteiger partial charge >= 0.3 is 0 Å². The van der Waals surface area contributed by atoms with E-state index in [0.29, 0.717) is 37.4 Å². The molecule has 5 rings (SSSR count). The number of aromatic nitrogens is 1. The Kier molecular flexibility index (Phi) is 6.66. The molecule has 1 amide bonds. The lowest BCUT2D eigenvalue weighted by atomic mass is 9.87. The molecule has 34 heavy (non-hydrogen) atoms. The number of carbonyl (C=O) groups excluding carboxylic acids is 1. The minimum Gasteiger partial charge on any atom is -0.488 e. The van der Waals surface area contributed by atoms with Gasteiger partial charge in [-0.25, -0.2) is 0 Å². The Morgan fingerprint density at radius 1 is 1.29 bits per heavy atom. The number of hydrogen-bond donors (Lipinski definition) is 2. The summed E-state index contributed by atoms with van der Waals surface area (Å²) in [5.74, 6) is 1.08. The standard InChI is InChI=1S/C25H30ClN3O5/c26-18-1-2-22-17(11-18)12-25(34-22)5-9-28(10-6-25)14-20(31)16-33-23-13-27-7-3-21(23)24(32)29-8-4-19(30)15-29/h1-3,7,11,13,19-20,30-31H,4-6,8-10,12,14-16H2. The van der Waals surface area contributed by atoms with Crippen molar-refractivity contribution >= 4 is 17.5 Å². The summed E-state index contributed by atoms with van der Waals surface area (Å²) in [6, 6.07) is 7.41. The Hall–Kier alpha value is -2.39. The van der Waals surface area contributed by atoms with Crippen LogP contribution >= 0.6 is 11.6 Å². The Morgan fingerprint density at radius 2 is 2.12 bits per heavy atom. The van der Waals surface area contributed by atoms with E-state index in [1.807, 2.05) is 18.2 Å². The van der Waals surface area contributed by atoms with Gasteiger partial charge in [-0.15, -0.1) is 0 Å². The second kappa shape index (κ2) is 9.70. The lowest BCUT2D eigenvalue weighted by Crippen LogP contribution is -2.49. The predicted octanol–water partition coefficient (Wildman–Crippen LogP) is 2.15. The molecule has 182 valence electrons. The average Bonchev–Trinajstić information content (AvgIpc) is 3.42. The van der Waals surface area contributed by atoms with Crippen LogP contribution in [0.15, 0.2) is 36.7 Å². The summed E-state index contributed by atoms with van der Waals surface area (Å²) in [4.78, 5) is 20.7. The molecular formula is C25H30ClN3O5. The maximum absolute atomic E-state index is 12.8. The van der Waals surface area contributed by atoms with Crippen LogP contribution in [0.25, 0.3) is 0 Å². The highest BCUT2D eigenvalue weighted by molar-refractivity contribution is 6.30. The van der Waals surface area contributed by atoms with Crippen LogP contribution in [0.1, 0.15) is 35.2 Å². The smallest absolute Gasteiger partial charge is 0.257 e. The normalized spacial score (nSPS) is 22.4. The number of pyridine rings is 1. The van der Waals surface area contributed by atoms with Gasteiger partial charge in [0.25, 0.3) is 5.91 Å². The number of hydrogen-bond acceptors (Lipinski definition) is 7. The van der Waals surface area contributed by atoms with Gasteiger partial charge in [0.15, 0.2) is 0 Å². The number of rotatable bonds is 6. The molecule has 2 atom stereocenters. The molecule has 3 aliphatic heterocycles. The SMILES string of the molecule is O=C(c1ccncc1OCC(O)CN1CCC2(CC1)Cc1cc(Cl)ccc1O2)N1CCC(O)C1. The number of nitrogens with zero attached hydrogens (tertiary/aromatic N) is 3. The fraction of sp³-hybridized carbons (Fsp3) is 0.520. The fourth-order valence-electron chi connectivity index (χ4n) is 5.13. The van der Waals surface area contributed by atoms with E-state index in [4.69, 9.17) is 21.1 Å². The number of amides is 1. The van der Waals surface area contributed by atoms with E-state index < -0.39 is 12.2 Å². The Labute approximate surface area is 204 Å². The Bertz CT molecular complexity index is 1040. The van der Waals surface area contributed by atoms with Crippen LogP contribution in [0.2, 0.25) is 5.02 Å². The molecule has 1 spiro atoms. The van der Waals surface area contributed by atoms with Crippen LogP contribution in [-0.4, -0.2) is 88.0 Å². The lowest BCUT2D eigenvalue weighted by Gasteiger charge is -2.39. The molecular weight excluding hydrogens is 458 g/mol. The molecule has 0 aliphatic carbocycles. The van der Waals surface area contributed by atoms with Crippen molar-refractivity contribution in [2.75, 3.05) is 39.3 Å². The topological polar surface area (TPSA) is 95.4 Å². The van der Waals surface area contributed by atoms with E-state index in [-0.39, 0.29) is 18.1 Å². The Morgan fingerprint density at radius 3 is 2.88 bits per heavy atom. The van der Waals surface area contributed by atoms with Crippen LogP contribution in [0.3, 0.4) is 0 Å². The number of benzene rings is 1. The molecule has 2 N–H and O–H groups in total. The number of β-amino-alcohol motifs (C(OH)–C–C–N with tert-alkyl or cyclic N) is 2. The van der Waals surface area contributed by atoms with Crippen LogP contribution in [0, 0.1) is 0 Å². The summed E-state index contributed by atoms with van der Waals surface area (Å²) >= 11 is 6.13. The molecule has 2 aromatic rings. The minimum atomic E-state index is -0.702. The van der Waals surface area contributed by atoms with Gasteiger partial charge in [0.2, 0.25) is 0 Å². The molecule has 1 aromatic heterocycles. The largest absolute Gasteiger partial charge is 0.488 e. The first-order valence-electron chi connectivity index (χ1n) is 11.8. The third kappa shape index (κ3) is 5.00. The zero-order chi connectivity index (χ0) is 23.7. The van der Waals surface area contributed by atoms with Gasteiger partial charge in [0.05, 0.1) is 17.9 Å². The van der Waals surface area contributed by atoms with Crippen molar-refractivity contribution in [2.45, 2.75) is 43.5 Å². The highest BCUT2D eigenvalue weighted by Crippen LogP contribution is 2.41. The first-order valence-corrected chi connectivity index (χ1v) is 12.2. The Balaban J connectivity index is 1.11. The molecule has 2 saturated heterocycles. The molecule has 0 saturated carbocycles. The first-order chi connectivity index (χ1) is 16.4.